The number of rotatable bonds is 6. The van der Waals surface area contributed by atoms with Crippen molar-refractivity contribution in [3.05, 3.63) is 59.2 Å². The van der Waals surface area contributed by atoms with Crippen LogP contribution in [-0.4, -0.2) is 30.9 Å². The summed E-state index contributed by atoms with van der Waals surface area (Å²) in [7, 11) is 3.91. The molecule has 0 saturated carbocycles. The van der Waals surface area contributed by atoms with Gasteiger partial charge in [0, 0.05) is 25.7 Å². The van der Waals surface area contributed by atoms with E-state index in [0.29, 0.717) is 0 Å². The molecular weight excluding hydrogens is 385 g/mol. The number of hydrogen-bond acceptors (Lipinski definition) is 3. The first-order valence-corrected chi connectivity index (χ1v) is 8.81. The second kappa shape index (κ2) is 9.42. The Labute approximate surface area is 167 Å². The van der Waals surface area contributed by atoms with Gasteiger partial charge in [0.05, 0.1) is 11.3 Å². The zero-order chi connectivity index (χ0) is 21.6. The van der Waals surface area contributed by atoms with Crippen LogP contribution < -0.4 is 16.0 Å². The van der Waals surface area contributed by atoms with Crippen LogP contribution in [0.4, 0.5) is 29.3 Å². The summed E-state index contributed by atoms with van der Waals surface area (Å²) in [5.74, 6) is -0.492. The van der Waals surface area contributed by atoms with Crippen molar-refractivity contribution in [2.45, 2.75) is 26.2 Å². The van der Waals surface area contributed by atoms with Gasteiger partial charge in [-0.3, -0.25) is 4.79 Å². The van der Waals surface area contributed by atoms with Gasteiger partial charge in [0.2, 0.25) is 5.91 Å². The molecule has 156 valence electrons. The molecule has 0 unspecified atom stereocenters. The first-order valence-electron chi connectivity index (χ1n) is 8.81. The topological polar surface area (TPSA) is 73.5 Å². The molecule has 29 heavy (non-hydrogen) atoms. The molecule has 2 aromatic carbocycles. The van der Waals surface area contributed by atoms with Crippen LogP contribution in [0.1, 0.15) is 23.6 Å². The smallest absolute Gasteiger partial charge is 0.334 e. The van der Waals surface area contributed by atoms with Crippen molar-refractivity contribution in [3.8, 4) is 0 Å². The molecule has 3 N–H and O–H groups in total. The molecule has 2 rings (SSSR count). The molecule has 0 radical (unpaired) electrons. The van der Waals surface area contributed by atoms with Crippen molar-refractivity contribution in [2.24, 2.45) is 0 Å². The number of carbonyl (C=O) groups excluding carboxylic acids is 2. The number of nitrogens with one attached hydrogen (secondary N) is 3. The molecule has 0 saturated heterocycles. The highest BCUT2D eigenvalue weighted by molar-refractivity contribution is 5.92. The number of nitrogens with zero attached hydrogens (tertiary/aromatic N) is 1. The summed E-state index contributed by atoms with van der Waals surface area (Å²) in [6, 6.07) is 9.96. The van der Waals surface area contributed by atoms with Gasteiger partial charge in [-0.15, -0.1) is 0 Å². The number of hydrogen-bond donors (Lipinski definition) is 3. The van der Waals surface area contributed by atoms with Crippen LogP contribution in [0.2, 0.25) is 0 Å². The molecule has 0 aliphatic carbocycles. The fourth-order valence-electron chi connectivity index (χ4n) is 2.65. The van der Waals surface area contributed by atoms with Crippen LogP contribution in [0, 0.1) is 0 Å². The summed E-state index contributed by atoms with van der Waals surface area (Å²) in [4.78, 5) is 25.2. The molecule has 0 aromatic heterocycles. The van der Waals surface area contributed by atoms with E-state index in [4.69, 9.17) is 0 Å². The number of carbonyl (C=O) groups is 2. The monoisotopic (exact) mass is 408 g/mol. The van der Waals surface area contributed by atoms with E-state index in [2.05, 4.69) is 16.0 Å². The number of anilines is 2. The number of urea groups is 1. The van der Waals surface area contributed by atoms with E-state index in [-0.39, 0.29) is 12.2 Å². The predicted molar refractivity (Wildman–Crippen MR) is 105 cm³/mol. The minimum Gasteiger partial charge on any atom is -0.334 e. The maximum Gasteiger partial charge on any atom is 0.418 e. The zero-order valence-corrected chi connectivity index (χ0v) is 16.4. The number of benzene rings is 2. The van der Waals surface area contributed by atoms with Gasteiger partial charge in [-0.2, -0.15) is 13.2 Å². The van der Waals surface area contributed by atoms with Gasteiger partial charge in [-0.25, -0.2) is 4.79 Å². The third-order valence-corrected chi connectivity index (χ3v) is 3.87. The van der Waals surface area contributed by atoms with Crippen molar-refractivity contribution in [2.75, 3.05) is 24.7 Å². The van der Waals surface area contributed by atoms with Gasteiger partial charge in [0.25, 0.3) is 0 Å². The fourth-order valence-corrected chi connectivity index (χ4v) is 2.65. The Hall–Kier alpha value is -3.07. The maximum absolute atomic E-state index is 13.3. The lowest BCUT2D eigenvalue weighted by molar-refractivity contribution is -0.137. The van der Waals surface area contributed by atoms with Gasteiger partial charge < -0.3 is 20.9 Å². The molecule has 6 nitrogen and oxygen atoms in total. The lowest BCUT2D eigenvalue weighted by Gasteiger charge is -2.16. The van der Waals surface area contributed by atoms with Gasteiger partial charge in [-0.05, 0) is 43.4 Å². The van der Waals surface area contributed by atoms with E-state index in [1.807, 2.05) is 43.3 Å². The minimum absolute atomic E-state index is 0.00593. The number of halogens is 3. The second-order valence-corrected chi connectivity index (χ2v) is 6.80. The summed E-state index contributed by atoms with van der Waals surface area (Å²) in [5, 5.41) is 7.04. The van der Waals surface area contributed by atoms with E-state index >= 15 is 0 Å². The summed E-state index contributed by atoms with van der Waals surface area (Å²) in [5.41, 5.74) is 0.475. The highest BCUT2D eigenvalue weighted by Gasteiger charge is 2.34. The van der Waals surface area contributed by atoms with E-state index in [1.54, 1.807) is 0 Å². The normalized spacial score (nSPS) is 11.3. The Kier molecular flexibility index (Phi) is 7.22. The molecule has 3 amide bonds. The fraction of sp³-hybridized carbons (Fsp3) is 0.300. The molecule has 9 heteroatoms. The summed E-state index contributed by atoms with van der Waals surface area (Å²) in [6.45, 7) is 2.14. The SMILES string of the molecule is CC(=O)Nc1ccc(NC(=O)NCc2ccc(CN(C)C)cc2)c(C(F)(F)F)c1. The zero-order valence-electron chi connectivity index (χ0n) is 16.4. The van der Waals surface area contributed by atoms with Crippen LogP contribution in [0.25, 0.3) is 0 Å². The van der Waals surface area contributed by atoms with Gasteiger partial charge in [-0.1, -0.05) is 24.3 Å². The standard InChI is InChI=1S/C20H23F3N4O2/c1-13(28)25-16-8-9-18(17(10-16)20(21,22)23)26-19(29)24-11-14-4-6-15(7-5-14)12-27(2)3/h4-10H,11-12H2,1-3H3,(H,25,28)(H2,24,26,29). The highest BCUT2D eigenvalue weighted by atomic mass is 19.4. The Bertz CT molecular complexity index is 865. The Morgan fingerprint density at radius 1 is 0.966 bits per heavy atom. The molecule has 0 bridgehead atoms. The van der Waals surface area contributed by atoms with Crippen molar-refractivity contribution < 1.29 is 22.8 Å². The molecule has 0 aliphatic rings. The average Bonchev–Trinajstić information content (AvgIpc) is 2.60. The van der Waals surface area contributed by atoms with Crippen LogP contribution in [0.15, 0.2) is 42.5 Å². The first-order chi connectivity index (χ1) is 13.5. The van der Waals surface area contributed by atoms with Gasteiger partial charge in [0.1, 0.15) is 0 Å². The van der Waals surface area contributed by atoms with Crippen LogP contribution >= 0.6 is 0 Å². The first kappa shape index (κ1) is 22.2. The lowest BCUT2D eigenvalue weighted by Crippen LogP contribution is -2.29. The highest BCUT2D eigenvalue weighted by Crippen LogP contribution is 2.36. The summed E-state index contributed by atoms with van der Waals surface area (Å²) in [6.07, 6.45) is -4.70. The minimum atomic E-state index is -4.70. The third kappa shape index (κ3) is 7.11. The lowest BCUT2D eigenvalue weighted by atomic mass is 10.1. The van der Waals surface area contributed by atoms with Crippen molar-refractivity contribution >= 4 is 23.3 Å². The maximum atomic E-state index is 13.3. The Balaban J connectivity index is 2.03. The number of amides is 3. The molecule has 0 fully saturated rings. The molecule has 0 aliphatic heterocycles. The largest absolute Gasteiger partial charge is 0.418 e. The van der Waals surface area contributed by atoms with E-state index in [9.17, 15) is 22.8 Å². The average molecular weight is 408 g/mol. The van der Waals surface area contributed by atoms with Crippen LogP contribution in [0.5, 0.6) is 0 Å². The van der Waals surface area contributed by atoms with Gasteiger partial charge >= 0.3 is 12.2 Å². The van der Waals surface area contributed by atoms with Crippen molar-refractivity contribution in [1.29, 1.82) is 0 Å². The van der Waals surface area contributed by atoms with E-state index < -0.39 is 29.4 Å². The van der Waals surface area contributed by atoms with Gasteiger partial charge in [0.15, 0.2) is 0 Å². The molecule has 0 heterocycles. The summed E-state index contributed by atoms with van der Waals surface area (Å²) >= 11 is 0. The van der Waals surface area contributed by atoms with Crippen molar-refractivity contribution in [3.63, 3.8) is 0 Å². The van der Waals surface area contributed by atoms with E-state index in [1.165, 1.54) is 13.0 Å². The number of alkyl halides is 3. The molecular formula is C20H23F3N4O2. The van der Waals surface area contributed by atoms with E-state index in [0.717, 1.165) is 29.8 Å². The quantitative estimate of drug-likeness (QED) is 0.675. The predicted octanol–water partition coefficient (Wildman–Crippen LogP) is 4.05. The van der Waals surface area contributed by atoms with Crippen LogP contribution in [-0.2, 0) is 24.1 Å². The Morgan fingerprint density at radius 2 is 1.59 bits per heavy atom. The molecule has 0 atom stereocenters. The Morgan fingerprint density at radius 3 is 2.14 bits per heavy atom. The second-order valence-electron chi connectivity index (χ2n) is 6.80. The van der Waals surface area contributed by atoms with Crippen molar-refractivity contribution in [1.82, 2.24) is 10.2 Å². The summed E-state index contributed by atoms with van der Waals surface area (Å²) < 4.78 is 39.9. The molecule has 0 spiro atoms. The van der Waals surface area contributed by atoms with Crippen LogP contribution in [0.3, 0.4) is 0 Å². The third-order valence-electron chi connectivity index (χ3n) is 3.87. The molecule has 2 aromatic rings.